The van der Waals surface area contributed by atoms with E-state index in [1.807, 2.05) is 0 Å². The van der Waals surface area contributed by atoms with Crippen LogP contribution in [-0.4, -0.2) is 45.9 Å². The maximum Gasteiger partial charge on any atom is 0.313 e. The molecule has 2 rings (SSSR count). The van der Waals surface area contributed by atoms with Crippen molar-refractivity contribution >= 4 is 23.5 Å². The largest absolute Gasteiger partial charge is 0.481 e. The van der Waals surface area contributed by atoms with Crippen LogP contribution in [0.15, 0.2) is 0 Å². The first-order valence-electron chi connectivity index (χ1n) is 9.00. The highest BCUT2D eigenvalue weighted by Gasteiger charge is 2.32. The molecule has 2 fully saturated rings. The van der Waals surface area contributed by atoms with E-state index >= 15 is 0 Å². The third kappa shape index (κ3) is 6.23. The smallest absolute Gasteiger partial charge is 0.313 e. The molecule has 0 saturated heterocycles. The standard InChI is InChI=1S/C18H26O7/c19-13-5-7-14(8-6-13)25-18(24)10-16(21)12-3-1-11(2-4-12)15(20)9-17(22)23/h11-14,19H,1-10H2,(H,22,23). The first-order valence-corrected chi connectivity index (χ1v) is 9.00. The second kappa shape index (κ2) is 9.08. The van der Waals surface area contributed by atoms with Gasteiger partial charge in [-0.25, -0.2) is 0 Å². The van der Waals surface area contributed by atoms with Crippen LogP contribution in [0.5, 0.6) is 0 Å². The van der Waals surface area contributed by atoms with E-state index < -0.39 is 18.4 Å². The van der Waals surface area contributed by atoms with E-state index in [4.69, 9.17) is 9.84 Å². The molecule has 2 saturated carbocycles. The molecular weight excluding hydrogens is 328 g/mol. The third-order valence-corrected chi connectivity index (χ3v) is 5.22. The van der Waals surface area contributed by atoms with Crippen LogP contribution in [0, 0.1) is 11.8 Å². The van der Waals surface area contributed by atoms with Crippen molar-refractivity contribution in [2.45, 2.75) is 76.4 Å². The Bertz CT molecular complexity index is 512. The number of carbonyl (C=O) groups excluding carboxylic acids is 3. The minimum Gasteiger partial charge on any atom is -0.481 e. The fraction of sp³-hybridized carbons (Fsp3) is 0.778. The van der Waals surface area contributed by atoms with Crippen LogP contribution < -0.4 is 0 Å². The molecule has 140 valence electrons. The number of aliphatic hydroxyl groups excluding tert-OH is 1. The molecule has 0 heterocycles. The van der Waals surface area contributed by atoms with E-state index in [0.29, 0.717) is 51.4 Å². The van der Waals surface area contributed by atoms with Gasteiger partial charge in [-0.15, -0.1) is 0 Å². The Labute approximate surface area is 146 Å². The molecule has 0 aliphatic heterocycles. The zero-order valence-electron chi connectivity index (χ0n) is 14.3. The zero-order chi connectivity index (χ0) is 18.4. The predicted octanol–water partition coefficient (Wildman–Crippen LogP) is 1.64. The van der Waals surface area contributed by atoms with Crippen molar-refractivity contribution in [3.05, 3.63) is 0 Å². The van der Waals surface area contributed by atoms with Gasteiger partial charge in [-0.1, -0.05) is 0 Å². The number of carboxylic acid groups (broad SMARTS) is 1. The second-order valence-electron chi connectivity index (χ2n) is 7.15. The number of carboxylic acids is 1. The van der Waals surface area contributed by atoms with Gasteiger partial charge in [-0.05, 0) is 51.4 Å². The topological polar surface area (TPSA) is 118 Å². The number of rotatable bonds is 7. The SMILES string of the molecule is O=C(O)CC(=O)C1CCC(C(=O)CC(=O)OC2CCC(O)CC2)CC1. The lowest BCUT2D eigenvalue weighted by Gasteiger charge is -2.27. The average Bonchev–Trinajstić information content (AvgIpc) is 2.56. The van der Waals surface area contributed by atoms with Gasteiger partial charge in [-0.2, -0.15) is 0 Å². The van der Waals surface area contributed by atoms with Gasteiger partial charge >= 0.3 is 11.9 Å². The molecule has 2 N–H and O–H groups in total. The molecule has 7 heteroatoms. The highest BCUT2D eigenvalue weighted by Crippen LogP contribution is 2.31. The van der Waals surface area contributed by atoms with Crippen molar-refractivity contribution in [1.82, 2.24) is 0 Å². The van der Waals surface area contributed by atoms with Gasteiger partial charge in [0.05, 0.1) is 6.10 Å². The van der Waals surface area contributed by atoms with Crippen molar-refractivity contribution in [3.63, 3.8) is 0 Å². The van der Waals surface area contributed by atoms with Crippen LogP contribution in [0.3, 0.4) is 0 Å². The molecule has 0 bridgehead atoms. The monoisotopic (exact) mass is 354 g/mol. The molecule has 0 amide bonds. The van der Waals surface area contributed by atoms with Gasteiger partial charge in [0, 0.05) is 11.8 Å². The summed E-state index contributed by atoms with van der Waals surface area (Å²) in [5, 5.41) is 18.1. The molecular formula is C18H26O7. The number of hydrogen-bond acceptors (Lipinski definition) is 6. The van der Waals surface area contributed by atoms with E-state index in [2.05, 4.69) is 0 Å². The number of aliphatic carboxylic acids is 1. The quantitative estimate of drug-likeness (QED) is 0.527. The minimum atomic E-state index is -1.12. The lowest BCUT2D eigenvalue weighted by Crippen LogP contribution is -2.30. The first-order chi connectivity index (χ1) is 11.8. The summed E-state index contributed by atoms with van der Waals surface area (Å²) < 4.78 is 5.31. The van der Waals surface area contributed by atoms with Gasteiger partial charge in [0.2, 0.25) is 0 Å². The summed E-state index contributed by atoms with van der Waals surface area (Å²) in [7, 11) is 0. The summed E-state index contributed by atoms with van der Waals surface area (Å²) in [6, 6.07) is 0. The van der Waals surface area contributed by atoms with Crippen molar-refractivity contribution in [3.8, 4) is 0 Å². The zero-order valence-corrected chi connectivity index (χ0v) is 14.3. The van der Waals surface area contributed by atoms with Crippen molar-refractivity contribution in [2.24, 2.45) is 11.8 Å². The molecule has 0 atom stereocenters. The molecule has 0 radical (unpaired) electrons. The Kier molecular flexibility index (Phi) is 7.11. The Morgan fingerprint density at radius 3 is 1.72 bits per heavy atom. The fourth-order valence-electron chi connectivity index (χ4n) is 3.71. The minimum absolute atomic E-state index is 0.162. The van der Waals surface area contributed by atoms with Crippen molar-refractivity contribution in [2.75, 3.05) is 0 Å². The summed E-state index contributed by atoms with van der Waals surface area (Å²) in [5.74, 6) is -2.63. The molecule has 0 aromatic heterocycles. The van der Waals surface area contributed by atoms with Gasteiger partial charge in [-0.3, -0.25) is 19.2 Å². The Morgan fingerprint density at radius 2 is 1.24 bits per heavy atom. The van der Waals surface area contributed by atoms with Gasteiger partial charge in [0.25, 0.3) is 0 Å². The number of hydrogen-bond donors (Lipinski definition) is 2. The number of esters is 1. The normalized spacial score (nSPS) is 29.6. The number of carbonyl (C=O) groups is 4. The van der Waals surface area contributed by atoms with Gasteiger partial charge in [0.1, 0.15) is 30.5 Å². The molecule has 0 unspecified atom stereocenters. The van der Waals surface area contributed by atoms with Crippen LogP contribution in [0.4, 0.5) is 0 Å². The van der Waals surface area contributed by atoms with Crippen LogP contribution in [-0.2, 0) is 23.9 Å². The number of aliphatic hydroxyl groups is 1. The molecule has 2 aliphatic rings. The molecule has 0 aromatic carbocycles. The molecule has 2 aliphatic carbocycles. The van der Waals surface area contributed by atoms with E-state index in [1.165, 1.54) is 0 Å². The Morgan fingerprint density at radius 1 is 0.760 bits per heavy atom. The van der Waals surface area contributed by atoms with Crippen molar-refractivity contribution in [1.29, 1.82) is 0 Å². The van der Waals surface area contributed by atoms with E-state index in [0.717, 1.165) is 0 Å². The highest BCUT2D eigenvalue weighted by molar-refractivity contribution is 5.98. The number of ether oxygens (including phenoxy) is 1. The summed E-state index contributed by atoms with van der Waals surface area (Å²) >= 11 is 0. The summed E-state index contributed by atoms with van der Waals surface area (Å²) in [4.78, 5) is 46.5. The average molecular weight is 354 g/mol. The van der Waals surface area contributed by atoms with Gasteiger partial charge in [0.15, 0.2) is 0 Å². The number of Topliss-reactive ketones (excluding diaryl/α,β-unsaturated/α-hetero) is 2. The Hall–Kier alpha value is -1.76. The lowest BCUT2D eigenvalue weighted by atomic mass is 9.77. The molecule has 0 aromatic rings. The number of ketones is 2. The third-order valence-electron chi connectivity index (χ3n) is 5.22. The summed E-state index contributed by atoms with van der Waals surface area (Å²) in [6.45, 7) is 0. The van der Waals surface area contributed by atoms with Gasteiger partial charge < -0.3 is 14.9 Å². The lowest BCUT2D eigenvalue weighted by molar-refractivity contribution is -0.154. The van der Waals surface area contributed by atoms with E-state index in [1.54, 1.807) is 0 Å². The summed E-state index contributed by atoms with van der Waals surface area (Å²) in [5.41, 5.74) is 0. The maximum atomic E-state index is 12.2. The fourth-order valence-corrected chi connectivity index (χ4v) is 3.71. The van der Waals surface area contributed by atoms with Crippen LogP contribution in [0.25, 0.3) is 0 Å². The second-order valence-corrected chi connectivity index (χ2v) is 7.15. The predicted molar refractivity (Wildman–Crippen MR) is 86.7 cm³/mol. The van der Waals surface area contributed by atoms with Crippen molar-refractivity contribution < 1.29 is 34.1 Å². The summed E-state index contributed by atoms with van der Waals surface area (Å²) in [6.07, 6.45) is 3.23. The van der Waals surface area contributed by atoms with E-state index in [-0.39, 0.29) is 42.0 Å². The molecule has 0 spiro atoms. The highest BCUT2D eigenvalue weighted by atomic mass is 16.5. The molecule has 7 nitrogen and oxygen atoms in total. The maximum absolute atomic E-state index is 12.2. The van der Waals surface area contributed by atoms with Crippen LogP contribution in [0.2, 0.25) is 0 Å². The first kappa shape index (κ1) is 19.6. The molecule has 25 heavy (non-hydrogen) atoms. The Balaban J connectivity index is 1.70. The van der Waals surface area contributed by atoms with Crippen LogP contribution >= 0.6 is 0 Å². The van der Waals surface area contributed by atoms with Crippen LogP contribution in [0.1, 0.15) is 64.2 Å². The van der Waals surface area contributed by atoms with E-state index in [9.17, 15) is 24.3 Å².